The van der Waals surface area contributed by atoms with Gasteiger partial charge in [0, 0.05) is 0 Å². The first kappa shape index (κ1) is 19.8. The standard InChI is InChI=1S/C12H20O.C3H8.C2H6/c1-5-6-11-9(2)7-10(13)8-12(11,3)4;1-3-2;1-2/h5-6,10,13H,7-8H2,1-4H3;3H2,1-2H3;1-2H3/b6-5+;;. The summed E-state index contributed by atoms with van der Waals surface area (Å²) >= 11 is 0. The number of aliphatic hydroxyl groups excluding tert-OH is 1. The van der Waals surface area contributed by atoms with E-state index in [9.17, 15) is 5.11 Å². The molecule has 0 aromatic carbocycles. The maximum Gasteiger partial charge on any atom is 0.0585 e. The topological polar surface area (TPSA) is 20.2 Å². The van der Waals surface area contributed by atoms with E-state index >= 15 is 0 Å². The summed E-state index contributed by atoms with van der Waals surface area (Å²) < 4.78 is 0. The van der Waals surface area contributed by atoms with Crippen LogP contribution >= 0.6 is 0 Å². The van der Waals surface area contributed by atoms with E-state index in [0.29, 0.717) is 0 Å². The number of rotatable bonds is 1. The van der Waals surface area contributed by atoms with Gasteiger partial charge in [-0.2, -0.15) is 0 Å². The Balaban J connectivity index is 0. The van der Waals surface area contributed by atoms with Crippen molar-refractivity contribution >= 4 is 0 Å². The Bertz CT molecular complexity index is 259. The molecular weight excluding hydrogens is 220 g/mol. The molecule has 0 bridgehead atoms. The van der Waals surface area contributed by atoms with Crippen LogP contribution in [0.2, 0.25) is 0 Å². The summed E-state index contributed by atoms with van der Waals surface area (Å²) in [5.74, 6) is 0. The van der Waals surface area contributed by atoms with Crippen LogP contribution in [0.5, 0.6) is 0 Å². The zero-order valence-corrected chi connectivity index (χ0v) is 13.8. The maximum atomic E-state index is 9.64. The number of hydrogen-bond donors (Lipinski definition) is 1. The molecule has 0 aromatic rings. The first-order valence-corrected chi connectivity index (χ1v) is 7.40. The van der Waals surface area contributed by atoms with Gasteiger partial charge in [0.1, 0.15) is 0 Å². The Labute approximate surface area is 115 Å². The van der Waals surface area contributed by atoms with Crippen molar-refractivity contribution < 1.29 is 5.11 Å². The second-order valence-corrected chi connectivity index (χ2v) is 5.35. The molecule has 0 radical (unpaired) electrons. The summed E-state index contributed by atoms with van der Waals surface area (Å²) in [6.07, 6.45) is 7.08. The normalized spacial score (nSPS) is 21.9. The van der Waals surface area contributed by atoms with Gasteiger partial charge in [0.05, 0.1) is 6.10 Å². The van der Waals surface area contributed by atoms with Gasteiger partial charge in [0.15, 0.2) is 0 Å². The highest BCUT2D eigenvalue weighted by molar-refractivity contribution is 5.33. The van der Waals surface area contributed by atoms with Gasteiger partial charge in [-0.3, -0.25) is 0 Å². The molecule has 1 aliphatic carbocycles. The average molecular weight is 254 g/mol. The summed E-state index contributed by atoms with van der Waals surface area (Å²) in [5.41, 5.74) is 2.87. The lowest BCUT2D eigenvalue weighted by molar-refractivity contribution is 0.116. The predicted octanol–water partition coefficient (Wildman–Crippen LogP) is 5.50. The Morgan fingerprint density at radius 2 is 1.72 bits per heavy atom. The second-order valence-electron chi connectivity index (χ2n) is 5.35. The van der Waals surface area contributed by atoms with Gasteiger partial charge in [-0.25, -0.2) is 0 Å². The van der Waals surface area contributed by atoms with E-state index in [1.807, 2.05) is 20.8 Å². The zero-order chi connectivity index (χ0) is 14.8. The van der Waals surface area contributed by atoms with E-state index in [2.05, 4.69) is 46.8 Å². The highest BCUT2D eigenvalue weighted by Gasteiger charge is 2.31. The quantitative estimate of drug-likeness (QED) is 0.655. The molecule has 0 aromatic heterocycles. The molecule has 1 nitrogen and oxygen atoms in total. The summed E-state index contributed by atoms with van der Waals surface area (Å²) in [4.78, 5) is 0. The Morgan fingerprint density at radius 3 is 2.06 bits per heavy atom. The van der Waals surface area contributed by atoms with E-state index in [0.717, 1.165) is 12.8 Å². The molecule has 1 aliphatic rings. The van der Waals surface area contributed by atoms with Crippen molar-refractivity contribution in [3.8, 4) is 0 Å². The third kappa shape index (κ3) is 7.00. The van der Waals surface area contributed by atoms with E-state index in [4.69, 9.17) is 0 Å². The molecule has 1 rings (SSSR count). The van der Waals surface area contributed by atoms with Crippen molar-refractivity contribution in [1.29, 1.82) is 0 Å². The van der Waals surface area contributed by atoms with Crippen LogP contribution in [0.1, 0.15) is 74.7 Å². The van der Waals surface area contributed by atoms with Crippen molar-refractivity contribution in [2.45, 2.75) is 80.8 Å². The fourth-order valence-electron chi connectivity index (χ4n) is 2.35. The van der Waals surface area contributed by atoms with Gasteiger partial charge in [0.25, 0.3) is 0 Å². The van der Waals surface area contributed by atoms with Crippen LogP contribution in [-0.4, -0.2) is 11.2 Å². The van der Waals surface area contributed by atoms with E-state index in [1.165, 1.54) is 17.6 Å². The fourth-order valence-corrected chi connectivity index (χ4v) is 2.35. The summed E-state index contributed by atoms with van der Waals surface area (Å²) in [7, 11) is 0. The highest BCUT2D eigenvalue weighted by Crippen LogP contribution is 2.40. The molecule has 0 aliphatic heterocycles. The van der Waals surface area contributed by atoms with Gasteiger partial charge in [-0.05, 0) is 37.7 Å². The van der Waals surface area contributed by atoms with Crippen molar-refractivity contribution in [2.75, 3.05) is 0 Å². The maximum absolute atomic E-state index is 9.64. The lowest BCUT2D eigenvalue weighted by atomic mass is 9.71. The van der Waals surface area contributed by atoms with Crippen molar-refractivity contribution in [3.63, 3.8) is 0 Å². The third-order valence-electron chi connectivity index (χ3n) is 2.81. The molecule has 0 fully saturated rings. The largest absolute Gasteiger partial charge is 0.393 e. The van der Waals surface area contributed by atoms with Crippen molar-refractivity contribution in [1.82, 2.24) is 0 Å². The smallest absolute Gasteiger partial charge is 0.0585 e. The second kappa shape index (κ2) is 10.4. The molecule has 0 saturated heterocycles. The minimum Gasteiger partial charge on any atom is -0.393 e. The summed E-state index contributed by atoms with van der Waals surface area (Å²) in [6, 6.07) is 0. The van der Waals surface area contributed by atoms with Crippen LogP contribution in [0.4, 0.5) is 0 Å². The molecular formula is C17H34O. The van der Waals surface area contributed by atoms with Crippen LogP contribution in [0.3, 0.4) is 0 Å². The van der Waals surface area contributed by atoms with E-state index in [-0.39, 0.29) is 11.5 Å². The van der Waals surface area contributed by atoms with Crippen LogP contribution in [0.15, 0.2) is 23.3 Å². The van der Waals surface area contributed by atoms with Crippen molar-refractivity contribution in [2.24, 2.45) is 5.41 Å². The molecule has 18 heavy (non-hydrogen) atoms. The average Bonchev–Trinajstić information content (AvgIpc) is 2.26. The minimum atomic E-state index is -0.149. The highest BCUT2D eigenvalue weighted by atomic mass is 16.3. The fraction of sp³-hybridized carbons (Fsp3) is 0.765. The molecule has 108 valence electrons. The zero-order valence-electron chi connectivity index (χ0n) is 13.8. The van der Waals surface area contributed by atoms with Crippen LogP contribution < -0.4 is 0 Å². The number of allylic oxidation sites excluding steroid dienone is 3. The molecule has 0 saturated carbocycles. The minimum absolute atomic E-state index is 0.133. The Hall–Kier alpha value is -0.560. The van der Waals surface area contributed by atoms with Gasteiger partial charge < -0.3 is 5.11 Å². The van der Waals surface area contributed by atoms with Crippen LogP contribution in [0, 0.1) is 5.41 Å². The first-order valence-electron chi connectivity index (χ1n) is 7.40. The molecule has 1 heteroatoms. The van der Waals surface area contributed by atoms with E-state index in [1.54, 1.807) is 0 Å². The monoisotopic (exact) mass is 254 g/mol. The van der Waals surface area contributed by atoms with Crippen LogP contribution in [0.25, 0.3) is 0 Å². The Morgan fingerprint density at radius 1 is 1.28 bits per heavy atom. The molecule has 0 heterocycles. The molecule has 0 spiro atoms. The molecule has 1 N–H and O–H groups in total. The van der Waals surface area contributed by atoms with Gasteiger partial charge in [-0.15, -0.1) is 0 Å². The lowest BCUT2D eigenvalue weighted by Gasteiger charge is -2.35. The van der Waals surface area contributed by atoms with Gasteiger partial charge in [-0.1, -0.05) is 65.7 Å². The molecule has 0 amide bonds. The summed E-state index contributed by atoms with van der Waals surface area (Å²) in [5, 5.41) is 9.64. The SMILES string of the molecule is C/C=C/C1=C(C)CC(O)CC1(C)C.CC.CCC. The van der Waals surface area contributed by atoms with Crippen LogP contribution in [-0.2, 0) is 0 Å². The predicted molar refractivity (Wildman–Crippen MR) is 83.8 cm³/mol. The molecule has 1 atom stereocenters. The van der Waals surface area contributed by atoms with Gasteiger partial charge in [0.2, 0.25) is 0 Å². The third-order valence-corrected chi connectivity index (χ3v) is 2.81. The number of aliphatic hydroxyl groups is 1. The first-order chi connectivity index (χ1) is 8.38. The lowest BCUT2D eigenvalue weighted by Crippen LogP contribution is -2.28. The molecule has 1 unspecified atom stereocenters. The Kier molecular flexibility index (Phi) is 11.4. The van der Waals surface area contributed by atoms with Gasteiger partial charge >= 0.3 is 0 Å². The van der Waals surface area contributed by atoms with Crippen molar-refractivity contribution in [3.05, 3.63) is 23.3 Å². The van der Waals surface area contributed by atoms with E-state index < -0.39 is 0 Å². The number of hydrogen-bond acceptors (Lipinski definition) is 1. The summed E-state index contributed by atoms with van der Waals surface area (Å²) in [6.45, 7) is 16.8.